The third-order valence-corrected chi connectivity index (χ3v) is 5.92. The number of carbonyl (C=O) groups is 1. The highest BCUT2D eigenvalue weighted by Gasteiger charge is 2.34. The second-order valence-corrected chi connectivity index (χ2v) is 8.38. The summed E-state index contributed by atoms with van der Waals surface area (Å²) in [7, 11) is 0. The van der Waals surface area contributed by atoms with Crippen LogP contribution < -0.4 is 10.6 Å². The van der Waals surface area contributed by atoms with Crippen molar-refractivity contribution < 1.29 is 4.79 Å². The highest BCUT2D eigenvalue weighted by molar-refractivity contribution is 7.99. The summed E-state index contributed by atoms with van der Waals surface area (Å²) >= 11 is 1.57. The van der Waals surface area contributed by atoms with Gasteiger partial charge in [-0.1, -0.05) is 36.9 Å². The van der Waals surface area contributed by atoms with Gasteiger partial charge in [0.2, 0.25) is 11.1 Å². The van der Waals surface area contributed by atoms with E-state index in [0.29, 0.717) is 16.7 Å². The molecule has 1 aromatic carbocycles. The van der Waals surface area contributed by atoms with Crippen molar-refractivity contribution >= 4 is 29.3 Å². The molecule has 0 fully saturated rings. The second kappa shape index (κ2) is 8.31. The fourth-order valence-corrected chi connectivity index (χ4v) is 4.09. The first kappa shape index (κ1) is 20.2. The molecule has 154 valence electrons. The number of fused-ring (bicyclic) bond motifs is 1. The number of hydrogen-bond donors (Lipinski definition) is 2. The standard InChI is InChI=1S/C22H24N6OS/c1-5-30-22-26-21-24-15(4)18(19(28(21)27-22)16-9-7-11-23-12-16)20(29)25-17-10-6-8-13(2)14(17)3/h6-12,19H,5H2,1-4H3,(H,25,29)(H,24,26,27)/t19-/m0/s1. The van der Waals surface area contributed by atoms with E-state index in [4.69, 9.17) is 0 Å². The number of aryl methyl sites for hydroxylation is 1. The summed E-state index contributed by atoms with van der Waals surface area (Å²) in [6, 6.07) is 9.30. The van der Waals surface area contributed by atoms with Gasteiger partial charge in [-0.15, -0.1) is 5.10 Å². The van der Waals surface area contributed by atoms with Crippen molar-refractivity contribution in [2.24, 2.45) is 0 Å². The van der Waals surface area contributed by atoms with Gasteiger partial charge in [0.15, 0.2) is 0 Å². The molecule has 0 unspecified atom stereocenters. The Bertz CT molecular complexity index is 1120. The van der Waals surface area contributed by atoms with Crippen molar-refractivity contribution in [3.8, 4) is 0 Å². The van der Waals surface area contributed by atoms with E-state index in [-0.39, 0.29) is 5.91 Å². The third-order valence-electron chi connectivity index (χ3n) is 5.20. The number of nitrogens with zero attached hydrogens (tertiary/aromatic N) is 4. The molecule has 8 heteroatoms. The van der Waals surface area contributed by atoms with Gasteiger partial charge >= 0.3 is 0 Å². The van der Waals surface area contributed by atoms with Gasteiger partial charge < -0.3 is 10.6 Å². The van der Waals surface area contributed by atoms with Crippen molar-refractivity contribution in [1.82, 2.24) is 19.7 Å². The molecule has 30 heavy (non-hydrogen) atoms. The van der Waals surface area contributed by atoms with Crippen LogP contribution in [0.4, 0.5) is 11.6 Å². The minimum atomic E-state index is -0.418. The fraction of sp³-hybridized carbons (Fsp3) is 0.273. The second-order valence-electron chi connectivity index (χ2n) is 7.15. The Kier molecular flexibility index (Phi) is 5.59. The average molecular weight is 421 g/mol. The van der Waals surface area contributed by atoms with Crippen LogP contribution in [0.2, 0.25) is 0 Å². The van der Waals surface area contributed by atoms with Crippen LogP contribution in [0.5, 0.6) is 0 Å². The van der Waals surface area contributed by atoms with E-state index in [2.05, 4.69) is 32.6 Å². The Balaban J connectivity index is 1.77. The molecule has 7 nitrogen and oxygen atoms in total. The Morgan fingerprint density at radius 1 is 1.23 bits per heavy atom. The van der Waals surface area contributed by atoms with Gasteiger partial charge in [-0.05, 0) is 55.3 Å². The normalized spacial score (nSPS) is 15.5. The van der Waals surface area contributed by atoms with Crippen molar-refractivity contribution in [1.29, 1.82) is 0 Å². The fourth-order valence-electron chi connectivity index (χ4n) is 3.54. The van der Waals surface area contributed by atoms with Gasteiger partial charge in [-0.2, -0.15) is 4.98 Å². The number of nitrogens with one attached hydrogen (secondary N) is 2. The molecule has 4 rings (SSSR count). The van der Waals surface area contributed by atoms with Gasteiger partial charge in [0.1, 0.15) is 6.04 Å². The maximum absolute atomic E-state index is 13.5. The maximum Gasteiger partial charge on any atom is 0.255 e. The minimum absolute atomic E-state index is 0.173. The first-order valence-electron chi connectivity index (χ1n) is 9.84. The highest BCUT2D eigenvalue weighted by atomic mass is 32.2. The number of carbonyl (C=O) groups excluding carboxylic acids is 1. The van der Waals surface area contributed by atoms with Crippen LogP contribution in [0.3, 0.4) is 0 Å². The molecule has 0 saturated heterocycles. The Morgan fingerprint density at radius 2 is 2.07 bits per heavy atom. The van der Waals surface area contributed by atoms with Gasteiger partial charge in [-0.25, -0.2) is 4.68 Å². The summed E-state index contributed by atoms with van der Waals surface area (Å²) < 4.78 is 1.78. The van der Waals surface area contributed by atoms with Crippen molar-refractivity contribution in [2.45, 2.75) is 38.9 Å². The minimum Gasteiger partial charge on any atom is -0.328 e. The van der Waals surface area contributed by atoms with E-state index in [0.717, 1.165) is 33.8 Å². The molecule has 0 spiro atoms. The zero-order chi connectivity index (χ0) is 21.3. The van der Waals surface area contributed by atoms with Crippen LogP contribution in [-0.4, -0.2) is 31.4 Å². The van der Waals surface area contributed by atoms with Crippen LogP contribution in [0, 0.1) is 13.8 Å². The summed E-state index contributed by atoms with van der Waals surface area (Å²) in [6.07, 6.45) is 3.49. The maximum atomic E-state index is 13.5. The number of anilines is 2. The molecule has 0 radical (unpaired) electrons. The van der Waals surface area contributed by atoms with Crippen molar-refractivity contribution in [3.63, 3.8) is 0 Å². The van der Waals surface area contributed by atoms with Gasteiger partial charge in [0, 0.05) is 23.8 Å². The quantitative estimate of drug-likeness (QED) is 0.598. The molecule has 0 saturated carbocycles. The number of benzene rings is 1. The largest absolute Gasteiger partial charge is 0.328 e. The first-order chi connectivity index (χ1) is 14.5. The third kappa shape index (κ3) is 3.70. The van der Waals surface area contributed by atoms with E-state index < -0.39 is 6.04 Å². The predicted molar refractivity (Wildman–Crippen MR) is 120 cm³/mol. The number of pyridine rings is 1. The molecule has 1 aliphatic rings. The number of allylic oxidation sites excluding steroid dienone is 1. The Hall–Kier alpha value is -3.13. The smallest absolute Gasteiger partial charge is 0.255 e. The monoisotopic (exact) mass is 420 g/mol. The number of thioether (sulfide) groups is 1. The molecule has 3 heterocycles. The van der Waals surface area contributed by atoms with E-state index >= 15 is 0 Å². The molecule has 0 aliphatic carbocycles. The number of hydrogen-bond acceptors (Lipinski definition) is 6. The van der Waals surface area contributed by atoms with Crippen LogP contribution >= 0.6 is 11.8 Å². The van der Waals surface area contributed by atoms with Crippen LogP contribution in [-0.2, 0) is 4.79 Å². The molecule has 2 aromatic heterocycles. The van der Waals surface area contributed by atoms with Gasteiger partial charge in [0.05, 0.1) is 5.57 Å². The lowest BCUT2D eigenvalue weighted by molar-refractivity contribution is -0.113. The predicted octanol–water partition coefficient (Wildman–Crippen LogP) is 4.33. The average Bonchev–Trinajstić information content (AvgIpc) is 3.13. The summed E-state index contributed by atoms with van der Waals surface area (Å²) in [5.74, 6) is 1.32. The molecule has 0 bridgehead atoms. The van der Waals surface area contributed by atoms with E-state index in [9.17, 15) is 4.79 Å². The highest BCUT2D eigenvalue weighted by Crippen LogP contribution is 2.36. The topological polar surface area (TPSA) is 84.7 Å². The van der Waals surface area contributed by atoms with Crippen LogP contribution in [0.25, 0.3) is 0 Å². The SMILES string of the molecule is CCSc1nc2n(n1)[C@@H](c1cccnc1)C(C(=O)Nc1cccc(C)c1C)=C(C)N2. The summed E-state index contributed by atoms with van der Waals surface area (Å²) in [5.41, 5.74) is 5.20. The molecule has 3 aromatic rings. The van der Waals surface area contributed by atoms with E-state index in [1.54, 1.807) is 28.8 Å². The lowest BCUT2D eigenvalue weighted by atomic mass is 9.96. The zero-order valence-corrected chi connectivity index (χ0v) is 18.2. The number of aromatic nitrogens is 4. The number of rotatable bonds is 5. The van der Waals surface area contributed by atoms with Gasteiger partial charge in [-0.3, -0.25) is 9.78 Å². The summed E-state index contributed by atoms with van der Waals surface area (Å²) in [4.78, 5) is 22.3. The Morgan fingerprint density at radius 3 is 2.80 bits per heavy atom. The molecule has 1 amide bonds. The Labute approximate surface area is 180 Å². The van der Waals surface area contributed by atoms with Crippen molar-refractivity contribution in [3.05, 3.63) is 70.7 Å². The lowest BCUT2D eigenvalue weighted by Crippen LogP contribution is -2.31. The van der Waals surface area contributed by atoms with E-state index in [1.807, 2.05) is 51.1 Å². The number of amides is 1. The van der Waals surface area contributed by atoms with Gasteiger partial charge in [0.25, 0.3) is 5.91 Å². The molecule has 1 atom stereocenters. The molecule has 1 aliphatic heterocycles. The van der Waals surface area contributed by atoms with E-state index in [1.165, 1.54) is 0 Å². The van der Waals surface area contributed by atoms with Crippen molar-refractivity contribution in [2.75, 3.05) is 16.4 Å². The molecule has 2 N–H and O–H groups in total. The summed E-state index contributed by atoms with van der Waals surface area (Å²) in [5, 5.41) is 11.7. The molecular formula is C22H24N6OS. The van der Waals surface area contributed by atoms with Crippen LogP contribution in [0.15, 0.2) is 59.2 Å². The first-order valence-corrected chi connectivity index (χ1v) is 10.8. The summed E-state index contributed by atoms with van der Waals surface area (Å²) in [6.45, 7) is 7.99. The zero-order valence-electron chi connectivity index (χ0n) is 17.4. The van der Waals surface area contributed by atoms with Crippen LogP contribution in [0.1, 0.15) is 36.6 Å². The molecular weight excluding hydrogens is 396 g/mol. The lowest BCUT2D eigenvalue weighted by Gasteiger charge is -2.28.